The number of hydrogen-bond donors (Lipinski definition) is 2. The molecule has 33 heavy (non-hydrogen) atoms. The molecule has 1 saturated carbocycles. The summed E-state index contributed by atoms with van der Waals surface area (Å²) in [5.41, 5.74) is 0. The maximum Gasteiger partial charge on any atom is 0.522 e. The van der Waals surface area contributed by atoms with E-state index in [0.29, 0.717) is 24.4 Å². The quantitative estimate of drug-likeness (QED) is 0.438. The Balaban J connectivity index is 1.18. The fraction of sp³-hybridized carbons (Fsp3) is 0.526. The predicted octanol–water partition coefficient (Wildman–Crippen LogP) is 3.40. The number of rotatable bonds is 7. The number of nitrogens with one attached hydrogen (secondary N) is 2. The first-order chi connectivity index (χ1) is 15.7. The highest BCUT2D eigenvalue weighted by atomic mass is 35.5. The van der Waals surface area contributed by atoms with Gasteiger partial charge in [0.15, 0.2) is 15.6 Å². The van der Waals surface area contributed by atoms with E-state index >= 15 is 0 Å². The van der Waals surface area contributed by atoms with E-state index in [-0.39, 0.29) is 48.1 Å². The molecule has 2 fully saturated rings. The number of halogens is 5. The molecule has 179 valence electrons. The van der Waals surface area contributed by atoms with E-state index in [2.05, 4.69) is 25.2 Å². The number of nitrogens with zero attached hydrogens (tertiary/aromatic N) is 2. The second kappa shape index (κ2) is 9.95. The minimum Gasteiger partial charge on any atom is -0.484 e. The van der Waals surface area contributed by atoms with E-state index in [1.54, 1.807) is 0 Å². The molecule has 4 rings (SSSR count). The molecule has 1 aliphatic heterocycles. The van der Waals surface area contributed by atoms with Crippen LogP contribution in [0.5, 0.6) is 5.75 Å². The molecule has 1 aromatic heterocycles. The van der Waals surface area contributed by atoms with Gasteiger partial charge in [0.1, 0.15) is 11.6 Å². The average Bonchev–Trinajstić information content (AvgIpc) is 3.21. The van der Waals surface area contributed by atoms with E-state index in [1.165, 1.54) is 12.1 Å². The molecule has 2 N–H and O–H groups in total. The van der Waals surface area contributed by atoms with Crippen LogP contribution in [0.2, 0.25) is 11.1 Å². The Bertz CT molecular complexity index is 981. The normalized spacial score (nSPS) is 23.7. The Morgan fingerprint density at radius 2 is 2.06 bits per heavy atom. The van der Waals surface area contributed by atoms with E-state index in [4.69, 9.17) is 20.8 Å². The van der Waals surface area contributed by atoms with Crippen molar-refractivity contribution in [2.75, 3.05) is 12.8 Å². The van der Waals surface area contributed by atoms with Crippen molar-refractivity contribution < 1.29 is 36.2 Å². The van der Waals surface area contributed by atoms with Crippen LogP contribution in [0, 0.1) is 5.82 Å². The number of carbonyl (C=O) groups is 1. The summed E-state index contributed by atoms with van der Waals surface area (Å²) < 4.78 is 65.1. The summed E-state index contributed by atoms with van der Waals surface area (Å²) in [6.45, 7) is -0.244. The number of aromatic nitrogens is 2. The van der Waals surface area contributed by atoms with Gasteiger partial charge in [-0.3, -0.25) is 9.53 Å². The van der Waals surface area contributed by atoms with Gasteiger partial charge in [0.2, 0.25) is 17.7 Å². The van der Waals surface area contributed by atoms with Crippen LogP contribution in [0.3, 0.4) is 0 Å². The van der Waals surface area contributed by atoms with Gasteiger partial charge in [0.25, 0.3) is 0 Å². The highest BCUT2D eigenvalue weighted by molar-refractivity contribution is 6.59. The van der Waals surface area contributed by atoms with Gasteiger partial charge in [-0.05, 0) is 37.4 Å². The topological polar surface area (TPSA) is 98.5 Å². The minimum absolute atomic E-state index is 0.0270. The monoisotopic (exact) mass is 507 g/mol. The first kappa shape index (κ1) is 23.9. The van der Waals surface area contributed by atoms with E-state index < -0.39 is 27.2 Å². The summed E-state index contributed by atoms with van der Waals surface area (Å²) in [5, 5.41) is 11.2. The maximum atomic E-state index is 13.4. The molecule has 2 aromatic rings. The zero-order chi connectivity index (χ0) is 23.6. The Hall–Kier alpha value is -2.22. The number of benzene rings is 1. The van der Waals surface area contributed by atoms with Crippen LogP contribution in [0.15, 0.2) is 22.6 Å². The highest BCUT2D eigenvalue weighted by Crippen LogP contribution is 2.41. The van der Waals surface area contributed by atoms with E-state index in [1.807, 2.05) is 0 Å². The second-order valence-corrected chi connectivity index (χ2v) is 10.5. The summed E-state index contributed by atoms with van der Waals surface area (Å²) in [6.07, 6.45) is -3.94. The van der Waals surface area contributed by atoms with Gasteiger partial charge in [0, 0.05) is 18.2 Å². The molecule has 0 bridgehead atoms. The molecule has 8 nitrogen and oxygen atoms in total. The molecule has 2 aliphatic rings. The third-order valence-electron chi connectivity index (χ3n) is 5.37. The van der Waals surface area contributed by atoms with Crippen LogP contribution in [0.1, 0.15) is 43.0 Å². The summed E-state index contributed by atoms with van der Waals surface area (Å²) in [6, 6.07) is 4.50. The van der Waals surface area contributed by atoms with Crippen molar-refractivity contribution in [2.24, 2.45) is 0 Å². The number of ether oxygens (including phenoxy) is 2. The lowest BCUT2D eigenvalue weighted by Crippen LogP contribution is -2.51. The molecule has 0 unspecified atom stereocenters. The lowest BCUT2D eigenvalue weighted by Gasteiger charge is -2.33. The average molecular weight is 508 g/mol. The largest absolute Gasteiger partial charge is 0.522 e. The van der Waals surface area contributed by atoms with Crippen LogP contribution >= 0.6 is 11.6 Å². The van der Waals surface area contributed by atoms with Gasteiger partial charge < -0.3 is 19.5 Å². The maximum absolute atomic E-state index is 13.4. The first-order valence-electron chi connectivity index (χ1n) is 10.2. The molecule has 1 aliphatic carbocycles. The van der Waals surface area contributed by atoms with Gasteiger partial charge in [-0.2, -0.15) is 0 Å². The standard InChI is InChI=1S/C19H20ClF4N4O4Si/c20-13-2-1-11(7-14(13)21)30-8-16(29)28-33-4-3-15(25-9-33)18-27-26-17(31-18)10-5-12(6-10)32-19(22,23)24/h1-2,7,10,12,15,25H,3-6,8-9H2,(H,28,29)/t10?,12?,15-/m1/s1. The first-order valence-corrected chi connectivity index (χ1v) is 12.5. The zero-order valence-electron chi connectivity index (χ0n) is 17.1. The van der Waals surface area contributed by atoms with Gasteiger partial charge in [-0.1, -0.05) is 11.6 Å². The van der Waals surface area contributed by atoms with Crippen molar-refractivity contribution in [3.63, 3.8) is 0 Å². The van der Waals surface area contributed by atoms with Crippen molar-refractivity contribution in [1.82, 2.24) is 20.5 Å². The fourth-order valence-corrected chi connectivity index (χ4v) is 5.73. The molecule has 1 amide bonds. The van der Waals surface area contributed by atoms with Crippen LogP contribution in [-0.2, 0) is 9.53 Å². The molecular formula is C19H20ClF4N4O4Si. The lowest BCUT2D eigenvalue weighted by atomic mass is 9.82. The third-order valence-corrected chi connectivity index (χ3v) is 7.83. The van der Waals surface area contributed by atoms with Crippen molar-refractivity contribution in [2.45, 2.75) is 49.7 Å². The third kappa shape index (κ3) is 6.43. The van der Waals surface area contributed by atoms with E-state index in [0.717, 1.165) is 12.1 Å². The minimum atomic E-state index is -4.64. The molecule has 2 heterocycles. The molecule has 14 heteroatoms. The summed E-state index contributed by atoms with van der Waals surface area (Å²) in [7, 11) is -1.23. The number of hydrogen-bond acceptors (Lipinski definition) is 7. The smallest absolute Gasteiger partial charge is 0.484 e. The van der Waals surface area contributed by atoms with Gasteiger partial charge >= 0.3 is 6.36 Å². The Kier molecular flexibility index (Phi) is 7.21. The molecule has 0 spiro atoms. The lowest BCUT2D eigenvalue weighted by molar-refractivity contribution is -0.352. The van der Waals surface area contributed by atoms with Crippen molar-refractivity contribution in [3.05, 3.63) is 40.8 Å². The molecular weight excluding hydrogens is 488 g/mol. The van der Waals surface area contributed by atoms with Crippen molar-refractivity contribution in [1.29, 1.82) is 0 Å². The summed E-state index contributed by atoms with van der Waals surface area (Å²) in [5.74, 6) is -0.268. The molecule has 1 aromatic carbocycles. The predicted molar refractivity (Wildman–Crippen MR) is 108 cm³/mol. The van der Waals surface area contributed by atoms with Gasteiger partial charge in [-0.25, -0.2) is 4.39 Å². The van der Waals surface area contributed by atoms with Crippen LogP contribution in [0.4, 0.5) is 17.6 Å². The molecule has 1 atom stereocenters. The highest BCUT2D eigenvalue weighted by Gasteiger charge is 2.42. The van der Waals surface area contributed by atoms with Gasteiger partial charge in [-0.15, -0.1) is 23.4 Å². The molecule has 1 radical (unpaired) electrons. The van der Waals surface area contributed by atoms with E-state index in [9.17, 15) is 22.4 Å². The van der Waals surface area contributed by atoms with Gasteiger partial charge in [0.05, 0.1) is 17.2 Å². The van der Waals surface area contributed by atoms with Crippen LogP contribution in [0.25, 0.3) is 0 Å². The van der Waals surface area contributed by atoms with Crippen molar-refractivity contribution in [3.8, 4) is 5.75 Å². The number of carbonyl (C=O) groups excluding carboxylic acids is 1. The molecule has 1 saturated heterocycles. The fourth-order valence-electron chi connectivity index (χ4n) is 3.63. The Labute approximate surface area is 192 Å². The Morgan fingerprint density at radius 1 is 1.30 bits per heavy atom. The zero-order valence-corrected chi connectivity index (χ0v) is 18.9. The SMILES string of the molecule is O=C(COc1ccc(Cl)c(F)c1)N[Si]1CC[C@H](c2nnc(C3CC(OC(F)(F)F)C3)o2)NC1. The van der Waals surface area contributed by atoms with Crippen molar-refractivity contribution >= 4 is 26.5 Å². The van der Waals surface area contributed by atoms with Crippen LogP contribution in [-0.4, -0.2) is 50.3 Å². The number of amides is 1. The second-order valence-electron chi connectivity index (χ2n) is 7.82. The summed E-state index contributed by atoms with van der Waals surface area (Å²) in [4.78, 5) is 15.1. The summed E-state index contributed by atoms with van der Waals surface area (Å²) >= 11 is 5.61. The Morgan fingerprint density at radius 3 is 2.73 bits per heavy atom. The van der Waals surface area contributed by atoms with Crippen LogP contribution < -0.4 is 15.0 Å². The number of alkyl halides is 3.